The first-order valence-electron chi connectivity index (χ1n) is 14.2. The number of para-hydroxylation sites is 1. The molecule has 0 unspecified atom stereocenters. The van der Waals surface area contributed by atoms with Gasteiger partial charge in [-0.25, -0.2) is 9.37 Å². The molecule has 0 atom stereocenters. The molecule has 0 spiro atoms. The van der Waals surface area contributed by atoms with Gasteiger partial charge in [0.25, 0.3) is 0 Å². The summed E-state index contributed by atoms with van der Waals surface area (Å²) in [6.45, 7) is 4.77. The lowest BCUT2D eigenvalue weighted by Crippen LogP contribution is -2.37. The number of hydrogen-bond donors (Lipinski definition) is 1. The Morgan fingerprint density at radius 2 is 1.83 bits per heavy atom. The van der Waals surface area contributed by atoms with E-state index in [2.05, 4.69) is 10.2 Å². The van der Waals surface area contributed by atoms with Crippen molar-refractivity contribution in [3.05, 3.63) is 89.0 Å². The molecule has 4 aromatic carbocycles. The Morgan fingerprint density at radius 1 is 1.00 bits per heavy atom. The molecule has 1 fully saturated rings. The van der Waals surface area contributed by atoms with Crippen molar-refractivity contribution in [1.29, 1.82) is 0 Å². The minimum absolute atomic E-state index is 0.261. The molecule has 1 saturated heterocycles. The number of thiazole rings is 1. The molecular formula is C33H27FN4O3S. The summed E-state index contributed by atoms with van der Waals surface area (Å²) >= 11 is 1.46. The van der Waals surface area contributed by atoms with Gasteiger partial charge in [-0.3, -0.25) is 9.69 Å². The molecule has 0 saturated carbocycles. The highest BCUT2D eigenvalue weighted by molar-refractivity contribution is 7.21. The number of fused-ring (bicyclic) bond motifs is 5. The van der Waals surface area contributed by atoms with Crippen molar-refractivity contribution >= 4 is 48.9 Å². The van der Waals surface area contributed by atoms with Crippen molar-refractivity contribution < 1.29 is 13.9 Å². The van der Waals surface area contributed by atoms with Gasteiger partial charge in [0, 0.05) is 31.2 Å². The zero-order chi connectivity index (χ0) is 28.2. The number of halogens is 1. The maximum absolute atomic E-state index is 15.9. The van der Waals surface area contributed by atoms with Gasteiger partial charge in [0.1, 0.15) is 16.2 Å². The van der Waals surface area contributed by atoms with E-state index in [4.69, 9.17) is 14.5 Å². The minimum Gasteiger partial charge on any atom is -0.451 e. The van der Waals surface area contributed by atoms with Crippen LogP contribution in [0.5, 0.6) is 11.5 Å². The first kappa shape index (κ1) is 25.4. The first-order valence-corrected chi connectivity index (χ1v) is 15.0. The van der Waals surface area contributed by atoms with Crippen LogP contribution in [-0.2, 0) is 4.74 Å². The van der Waals surface area contributed by atoms with Crippen molar-refractivity contribution in [2.45, 2.75) is 6.42 Å². The standard InChI is InChI=1S/C33H27FN4O3S/c34-24-18-22-30-32(28(24)35-12-5-13-37-14-16-40-17-15-37)41-26-11-10-20-6-1-2-7-21(20)29(26)38(30)19-23(31(22)39)33-36-25-8-3-4-9-27(25)42-33/h1-4,6-11,18-19,35H,5,12-17H2. The molecule has 1 N–H and O–H groups in total. The fourth-order valence-electron chi connectivity index (χ4n) is 6.02. The fraction of sp³-hybridized carbons (Fsp3) is 0.212. The van der Waals surface area contributed by atoms with E-state index in [9.17, 15) is 4.79 Å². The molecule has 4 heterocycles. The Labute approximate surface area is 244 Å². The van der Waals surface area contributed by atoms with Crippen molar-refractivity contribution in [2.75, 3.05) is 44.7 Å². The van der Waals surface area contributed by atoms with E-state index in [0.717, 1.165) is 65.9 Å². The number of nitrogens with one attached hydrogen (secondary N) is 1. The minimum atomic E-state index is -0.516. The highest BCUT2D eigenvalue weighted by Crippen LogP contribution is 2.47. The third-order valence-corrected chi connectivity index (χ3v) is 9.16. The van der Waals surface area contributed by atoms with E-state index < -0.39 is 5.82 Å². The van der Waals surface area contributed by atoms with Gasteiger partial charge in [-0.1, -0.05) is 42.5 Å². The van der Waals surface area contributed by atoms with Gasteiger partial charge in [-0.05, 0) is 42.6 Å². The largest absolute Gasteiger partial charge is 0.451 e. The number of nitrogens with zero attached hydrogens (tertiary/aromatic N) is 3. The predicted molar refractivity (Wildman–Crippen MR) is 166 cm³/mol. The van der Waals surface area contributed by atoms with Crippen molar-refractivity contribution in [3.63, 3.8) is 0 Å². The van der Waals surface area contributed by atoms with E-state index >= 15 is 4.39 Å². The van der Waals surface area contributed by atoms with Gasteiger partial charge in [0.2, 0.25) is 0 Å². The molecule has 6 aromatic rings. The summed E-state index contributed by atoms with van der Waals surface area (Å²) in [6.07, 6.45) is 2.68. The predicted octanol–water partition coefficient (Wildman–Crippen LogP) is 6.80. The molecule has 2 aromatic heterocycles. The Morgan fingerprint density at radius 3 is 2.71 bits per heavy atom. The average Bonchev–Trinajstić information content (AvgIpc) is 3.46. The molecular weight excluding hydrogens is 551 g/mol. The van der Waals surface area contributed by atoms with E-state index in [1.54, 1.807) is 0 Å². The highest BCUT2D eigenvalue weighted by atomic mass is 32.1. The molecule has 210 valence electrons. The molecule has 42 heavy (non-hydrogen) atoms. The maximum Gasteiger partial charge on any atom is 0.199 e. The zero-order valence-corrected chi connectivity index (χ0v) is 23.5. The lowest BCUT2D eigenvalue weighted by molar-refractivity contribution is 0.0378. The zero-order valence-electron chi connectivity index (χ0n) is 22.7. The lowest BCUT2D eigenvalue weighted by atomic mass is 10.0. The SMILES string of the molecule is O=c1c(-c2nc3ccccc3s2)cn2c3c(c(NCCCN4CCOCC4)c(F)cc13)Oc1ccc3ccccc3c1-2. The van der Waals surface area contributed by atoms with Crippen LogP contribution in [0.2, 0.25) is 0 Å². The summed E-state index contributed by atoms with van der Waals surface area (Å²) < 4.78 is 30.8. The van der Waals surface area contributed by atoms with Crippen LogP contribution in [0.1, 0.15) is 6.42 Å². The van der Waals surface area contributed by atoms with Crippen molar-refractivity contribution in [2.24, 2.45) is 0 Å². The van der Waals surface area contributed by atoms with Gasteiger partial charge in [0.15, 0.2) is 22.7 Å². The van der Waals surface area contributed by atoms with Gasteiger partial charge in [0.05, 0.1) is 40.1 Å². The molecule has 8 rings (SSSR count). The van der Waals surface area contributed by atoms with Crippen LogP contribution >= 0.6 is 11.3 Å². The van der Waals surface area contributed by atoms with Gasteiger partial charge in [-0.15, -0.1) is 11.3 Å². The molecule has 0 amide bonds. The van der Waals surface area contributed by atoms with Crippen LogP contribution in [0.25, 0.3) is 48.2 Å². The monoisotopic (exact) mass is 578 g/mol. The number of rotatable bonds is 6. The van der Waals surface area contributed by atoms with E-state index in [1.165, 1.54) is 17.4 Å². The highest BCUT2D eigenvalue weighted by Gasteiger charge is 2.29. The number of aromatic nitrogens is 2. The summed E-state index contributed by atoms with van der Waals surface area (Å²) in [4.78, 5) is 21.1. The summed E-state index contributed by atoms with van der Waals surface area (Å²) in [5.74, 6) is 0.411. The second-order valence-electron chi connectivity index (χ2n) is 10.7. The average molecular weight is 579 g/mol. The Balaban J connectivity index is 1.30. The Bertz CT molecular complexity index is 2030. The van der Waals surface area contributed by atoms with Crippen LogP contribution in [0.4, 0.5) is 10.1 Å². The summed E-state index contributed by atoms with van der Waals surface area (Å²) in [5, 5.41) is 6.18. The maximum atomic E-state index is 15.9. The Kier molecular flexibility index (Phi) is 6.17. The van der Waals surface area contributed by atoms with E-state index in [-0.39, 0.29) is 16.5 Å². The second-order valence-corrected chi connectivity index (χ2v) is 11.7. The number of benzene rings is 4. The van der Waals surface area contributed by atoms with Crippen LogP contribution in [0, 0.1) is 5.82 Å². The second kappa shape index (κ2) is 10.2. The number of morpholine rings is 1. The normalized spacial score (nSPS) is 14.8. The lowest BCUT2D eigenvalue weighted by Gasteiger charge is -2.28. The number of anilines is 1. The molecule has 9 heteroatoms. The quantitative estimate of drug-likeness (QED) is 0.219. The number of ether oxygens (including phenoxy) is 2. The van der Waals surface area contributed by atoms with E-state index in [0.29, 0.717) is 34.1 Å². The van der Waals surface area contributed by atoms with Crippen LogP contribution in [-0.4, -0.2) is 53.8 Å². The molecule has 0 radical (unpaired) electrons. The van der Waals surface area contributed by atoms with Crippen molar-refractivity contribution in [1.82, 2.24) is 14.5 Å². The van der Waals surface area contributed by atoms with Gasteiger partial charge < -0.3 is 19.4 Å². The third kappa shape index (κ3) is 4.15. The summed E-state index contributed by atoms with van der Waals surface area (Å²) in [7, 11) is 0. The van der Waals surface area contributed by atoms with Crippen LogP contribution < -0.4 is 15.5 Å². The van der Waals surface area contributed by atoms with Gasteiger partial charge >= 0.3 is 0 Å². The van der Waals surface area contributed by atoms with Crippen LogP contribution in [0.15, 0.2) is 77.7 Å². The molecule has 2 aliphatic rings. The van der Waals surface area contributed by atoms with Crippen molar-refractivity contribution in [3.8, 4) is 27.8 Å². The Hall–Kier alpha value is -4.31. The van der Waals surface area contributed by atoms with Gasteiger partial charge in [-0.2, -0.15) is 0 Å². The molecule has 7 nitrogen and oxygen atoms in total. The molecule has 2 aliphatic heterocycles. The summed E-state index contributed by atoms with van der Waals surface area (Å²) in [6, 6.07) is 21.1. The fourth-order valence-corrected chi connectivity index (χ4v) is 7.00. The van der Waals surface area contributed by atoms with E-state index in [1.807, 2.05) is 71.4 Å². The summed E-state index contributed by atoms with van der Waals surface area (Å²) in [5.41, 5.74) is 2.62. The third-order valence-electron chi connectivity index (χ3n) is 8.09. The smallest absolute Gasteiger partial charge is 0.199 e. The first-order chi connectivity index (χ1) is 20.7. The number of hydrogen-bond acceptors (Lipinski definition) is 7. The van der Waals surface area contributed by atoms with Crippen LogP contribution in [0.3, 0.4) is 0 Å². The molecule has 0 aliphatic carbocycles. The molecule has 0 bridgehead atoms. The topological polar surface area (TPSA) is 68.6 Å². The number of pyridine rings is 1.